The number of aryl methyl sites for hydroxylation is 1. The number of carbonyl (C=O) groups excluding carboxylic acids is 2. The molecule has 15 nitrogen and oxygen atoms in total. The molecule has 2 saturated heterocycles. The maximum absolute atomic E-state index is 13.5. The highest BCUT2D eigenvalue weighted by molar-refractivity contribution is 5.94. The van der Waals surface area contributed by atoms with E-state index < -0.39 is 36.7 Å². The smallest absolute Gasteiger partial charge is 0.449 e. The van der Waals surface area contributed by atoms with E-state index in [2.05, 4.69) is 25.8 Å². The number of imidazole rings is 1. The number of carbonyl (C=O) groups is 2. The van der Waals surface area contributed by atoms with Crippen LogP contribution in [0.1, 0.15) is 64.5 Å². The summed E-state index contributed by atoms with van der Waals surface area (Å²) in [6.45, 7) is 3.00. The first-order valence-corrected chi connectivity index (χ1v) is 18.7. The minimum Gasteiger partial charge on any atom is -0.449 e. The van der Waals surface area contributed by atoms with Gasteiger partial charge in [-0.2, -0.15) is 23.1 Å². The Balaban J connectivity index is 1.15. The van der Waals surface area contributed by atoms with Gasteiger partial charge in [-0.1, -0.05) is 72.7 Å². The summed E-state index contributed by atoms with van der Waals surface area (Å²) in [7, 11) is 0. The molecular weight excluding hydrogens is 759 g/mol. The van der Waals surface area contributed by atoms with Gasteiger partial charge in [-0.15, -0.1) is 0 Å². The van der Waals surface area contributed by atoms with Gasteiger partial charge in [-0.05, 0) is 36.1 Å². The molecule has 0 unspecified atom stereocenters. The van der Waals surface area contributed by atoms with Crippen LogP contribution in [-0.4, -0.2) is 90.7 Å². The van der Waals surface area contributed by atoms with Gasteiger partial charge >= 0.3 is 12.1 Å². The predicted molar refractivity (Wildman–Crippen MR) is 202 cm³/mol. The van der Waals surface area contributed by atoms with Crippen LogP contribution in [0.4, 0.5) is 24.9 Å². The van der Waals surface area contributed by atoms with Crippen molar-refractivity contribution in [3.63, 3.8) is 0 Å². The van der Waals surface area contributed by atoms with Crippen molar-refractivity contribution in [2.75, 3.05) is 29.9 Å². The molecule has 2 aliphatic heterocycles. The monoisotopic (exact) mass is 797 g/mol. The van der Waals surface area contributed by atoms with Crippen molar-refractivity contribution in [3.8, 4) is 0 Å². The fraction of sp³-hybridized carbons (Fsp3) is 0.325. The summed E-state index contributed by atoms with van der Waals surface area (Å²) in [5, 5.41) is 22.0. The normalized spacial score (nSPS) is 20.8. The van der Waals surface area contributed by atoms with Crippen molar-refractivity contribution >= 4 is 34.8 Å². The van der Waals surface area contributed by atoms with Crippen molar-refractivity contribution < 1.29 is 41.9 Å². The Hall–Kier alpha value is -6.40. The van der Waals surface area contributed by atoms with Crippen LogP contribution in [0.5, 0.6) is 0 Å². The highest BCUT2D eigenvalue weighted by Crippen LogP contribution is 2.43. The molecule has 0 saturated carbocycles. The number of aliphatic hydroxyl groups excluding tert-OH is 1. The summed E-state index contributed by atoms with van der Waals surface area (Å²) in [5.41, 5.74) is 3.45. The number of aromatic nitrogens is 6. The van der Waals surface area contributed by atoms with Gasteiger partial charge in [0.05, 0.1) is 17.6 Å². The molecule has 8 rings (SSSR count). The second-order valence-electron chi connectivity index (χ2n) is 14.0. The molecule has 18 heteroatoms. The number of nitrogens with zero attached hydrogens (tertiary/aromatic N) is 7. The zero-order chi connectivity index (χ0) is 40.4. The molecule has 0 radical (unpaired) electrons. The van der Waals surface area contributed by atoms with E-state index in [1.807, 2.05) is 65.6 Å². The lowest BCUT2D eigenvalue weighted by Gasteiger charge is -2.22. The largest absolute Gasteiger partial charge is 0.490 e. The Morgan fingerprint density at radius 3 is 2.43 bits per heavy atom. The van der Waals surface area contributed by atoms with Crippen LogP contribution < -0.4 is 15.5 Å². The number of hydrogen-bond acceptors (Lipinski definition) is 13. The van der Waals surface area contributed by atoms with E-state index in [4.69, 9.17) is 24.0 Å². The number of alkyl halides is 3. The maximum atomic E-state index is 13.5. The van der Waals surface area contributed by atoms with Gasteiger partial charge in [0, 0.05) is 50.1 Å². The van der Waals surface area contributed by atoms with Gasteiger partial charge in [0.2, 0.25) is 5.95 Å². The average Bonchev–Trinajstić information content (AvgIpc) is 4.06. The zero-order valence-electron chi connectivity index (χ0n) is 31.0. The van der Waals surface area contributed by atoms with Crippen LogP contribution in [0.3, 0.4) is 0 Å². The van der Waals surface area contributed by atoms with Crippen LogP contribution in [0.25, 0.3) is 11.2 Å². The Morgan fingerprint density at radius 1 is 1.03 bits per heavy atom. The number of esters is 1. The molecule has 4 aromatic heterocycles. The molecule has 0 spiro atoms. The zero-order valence-corrected chi connectivity index (χ0v) is 31.0. The van der Waals surface area contributed by atoms with Crippen LogP contribution in [0.2, 0.25) is 0 Å². The van der Waals surface area contributed by atoms with Crippen molar-refractivity contribution in [2.45, 2.75) is 62.4 Å². The molecule has 0 bridgehead atoms. The average molecular weight is 798 g/mol. The second kappa shape index (κ2) is 16.2. The molecule has 6 aromatic rings. The molecule has 5 atom stereocenters. The molecular formula is C40H38F3N9O6. The number of amides is 1. The fourth-order valence-electron chi connectivity index (χ4n) is 7.24. The van der Waals surface area contributed by atoms with E-state index in [1.54, 1.807) is 25.3 Å². The Labute approximate surface area is 329 Å². The summed E-state index contributed by atoms with van der Waals surface area (Å²) in [4.78, 5) is 45.4. The van der Waals surface area contributed by atoms with E-state index >= 15 is 0 Å². The Kier molecular flexibility index (Phi) is 10.8. The van der Waals surface area contributed by atoms with E-state index in [9.17, 15) is 27.9 Å². The highest BCUT2D eigenvalue weighted by atomic mass is 19.4. The Bertz CT molecular complexity index is 2320. The third-order valence-electron chi connectivity index (χ3n) is 10.2. The van der Waals surface area contributed by atoms with Gasteiger partial charge in [0.15, 0.2) is 41.2 Å². The highest BCUT2D eigenvalue weighted by Gasteiger charge is 2.53. The van der Waals surface area contributed by atoms with Crippen LogP contribution in [0.15, 0.2) is 102 Å². The maximum Gasteiger partial charge on any atom is 0.490 e. The minimum atomic E-state index is -5.34. The van der Waals surface area contributed by atoms with Gasteiger partial charge in [0.1, 0.15) is 6.10 Å². The van der Waals surface area contributed by atoms with Crippen LogP contribution >= 0.6 is 0 Å². The molecule has 3 N–H and O–H groups in total. The standard InChI is InChI=1S/C40H38F3N9O6/c1-2-26-18-29(58-50-26)32-33(57-38(55)40(41,42)43)31(53)37(56-32)52-22-46-30-34(45-20-28(23-10-5-3-6-11-23)24-12-7-4-8-13-24)48-39(49-35(30)52)51-17-15-27(21-51)47-36(54)25-14-9-16-44-19-25/h3-14,16,18-19,22,27-28,31-33,37,53H,2,15,17,20-21H2,1H3,(H,47,54)(H,45,48,49)/t27-,31-,32-,33+,37-/m1/s1. The SMILES string of the molecule is CCc1cc([C@H]2O[C@@H](n3cnc4c(NCC(c5ccccc5)c5ccccc5)nc(N5CC[C@@H](NC(=O)c6cccnc6)C5)nc43)[C@H](O)[C@@H]2OC(=O)C(F)(F)F)on1. The number of ether oxygens (including phenoxy) is 2. The lowest BCUT2D eigenvalue weighted by Crippen LogP contribution is -2.38. The van der Waals surface area contributed by atoms with Gasteiger partial charge in [0.25, 0.3) is 5.91 Å². The number of rotatable bonds is 12. The minimum absolute atomic E-state index is 0.0372. The third-order valence-corrected chi connectivity index (χ3v) is 10.2. The van der Waals surface area contributed by atoms with E-state index in [0.717, 1.165) is 11.1 Å². The summed E-state index contributed by atoms with van der Waals surface area (Å²) in [6, 6.07) is 24.5. The molecule has 58 heavy (non-hydrogen) atoms. The van der Waals surface area contributed by atoms with Crippen LogP contribution in [0, 0.1) is 0 Å². The lowest BCUT2D eigenvalue weighted by atomic mass is 9.91. The number of benzene rings is 2. The molecule has 6 heterocycles. The van der Waals surface area contributed by atoms with E-state index in [-0.39, 0.29) is 40.7 Å². The molecule has 2 aliphatic rings. The van der Waals surface area contributed by atoms with Gasteiger partial charge in [-0.25, -0.2) is 9.78 Å². The first-order valence-electron chi connectivity index (χ1n) is 18.7. The van der Waals surface area contributed by atoms with E-state index in [0.29, 0.717) is 49.6 Å². The number of halogens is 3. The number of aliphatic hydroxyl groups is 1. The Morgan fingerprint density at radius 2 is 1.78 bits per heavy atom. The third kappa shape index (κ3) is 7.92. The van der Waals surface area contributed by atoms with E-state index in [1.165, 1.54) is 23.2 Å². The van der Waals surface area contributed by atoms with Crippen molar-refractivity contribution in [3.05, 3.63) is 126 Å². The quantitative estimate of drug-likeness (QED) is 0.139. The number of pyridine rings is 1. The topological polar surface area (TPSA) is 183 Å². The first-order chi connectivity index (χ1) is 28.1. The second-order valence-corrected chi connectivity index (χ2v) is 14.0. The molecule has 2 aromatic carbocycles. The van der Waals surface area contributed by atoms with Gasteiger partial charge in [-0.3, -0.25) is 14.3 Å². The van der Waals surface area contributed by atoms with Crippen molar-refractivity contribution in [1.29, 1.82) is 0 Å². The fourth-order valence-corrected chi connectivity index (χ4v) is 7.24. The molecule has 1 amide bonds. The number of anilines is 2. The van der Waals surface area contributed by atoms with Crippen LogP contribution in [-0.2, 0) is 20.7 Å². The summed E-state index contributed by atoms with van der Waals surface area (Å²) < 4.78 is 58.1. The summed E-state index contributed by atoms with van der Waals surface area (Å²) in [6.07, 6.45) is -6.50. The summed E-state index contributed by atoms with van der Waals surface area (Å²) in [5.74, 6) is -2.33. The summed E-state index contributed by atoms with van der Waals surface area (Å²) >= 11 is 0. The first kappa shape index (κ1) is 38.5. The van der Waals surface area contributed by atoms with Crippen molar-refractivity contribution in [1.82, 2.24) is 35.0 Å². The molecule has 300 valence electrons. The lowest BCUT2D eigenvalue weighted by molar-refractivity contribution is -0.210. The van der Waals surface area contributed by atoms with Crippen molar-refractivity contribution in [2.24, 2.45) is 0 Å². The number of fused-ring (bicyclic) bond motifs is 1. The number of nitrogens with one attached hydrogen (secondary N) is 2. The number of hydrogen-bond donors (Lipinski definition) is 3. The molecule has 0 aliphatic carbocycles. The molecule has 2 fully saturated rings. The predicted octanol–water partition coefficient (Wildman–Crippen LogP) is 5.13. The van der Waals surface area contributed by atoms with Gasteiger partial charge < -0.3 is 34.6 Å².